The molecule has 0 aromatic carbocycles. The Kier molecular flexibility index (Phi) is 11.5. The number of aliphatic imine (C=N–C) groups is 1. The van der Waals surface area contributed by atoms with Gasteiger partial charge in [0.15, 0.2) is 12.0 Å². The molecule has 0 aromatic heterocycles. The monoisotopic (exact) mass is 364 g/mol. The minimum absolute atomic E-state index is 0.0485. The highest BCUT2D eigenvalue weighted by molar-refractivity contribution is 5.78. The molecule has 0 aromatic rings. The van der Waals surface area contributed by atoms with Crippen molar-refractivity contribution in [1.82, 2.24) is 5.32 Å². The van der Waals surface area contributed by atoms with E-state index >= 15 is 0 Å². The largest absolute Gasteiger partial charge is 0.307 e. The van der Waals surface area contributed by atoms with Gasteiger partial charge in [-0.25, -0.2) is 4.99 Å². The maximum Gasteiger partial charge on any atom is 0.221 e. The maximum atomic E-state index is 11.5. The number of hydrogen-bond acceptors (Lipinski definition) is 2. The van der Waals surface area contributed by atoms with Gasteiger partial charge in [0.05, 0.1) is 13.1 Å². The number of unbranched alkanes of at least 4 members (excludes halogenated alkanes) is 7. The fourth-order valence-corrected chi connectivity index (χ4v) is 4.03. The highest BCUT2D eigenvalue weighted by atomic mass is 16.1. The summed E-state index contributed by atoms with van der Waals surface area (Å²) < 4.78 is 0.834. The van der Waals surface area contributed by atoms with Crippen molar-refractivity contribution < 1.29 is 9.28 Å². The summed E-state index contributed by atoms with van der Waals surface area (Å²) in [6, 6.07) is 0. The second-order valence-electron chi connectivity index (χ2n) is 7.67. The van der Waals surface area contributed by atoms with Gasteiger partial charge in [0, 0.05) is 20.3 Å². The van der Waals surface area contributed by atoms with Gasteiger partial charge in [-0.2, -0.15) is 0 Å². The maximum absolute atomic E-state index is 11.5. The lowest BCUT2D eigenvalue weighted by Crippen LogP contribution is -2.62. The van der Waals surface area contributed by atoms with Crippen molar-refractivity contribution in [2.45, 2.75) is 98.1 Å². The SMILES string of the molecule is CCCCCCCC/C=C/CCCC1=NCC[N+]1(CC)C(C)NC(C)=O. The van der Waals surface area contributed by atoms with Crippen LogP contribution in [0, 0.1) is 0 Å². The molecule has 0 aliphatic carbocycles. The zero-order valence-corrected chi connectivity index (χ0v) is 17.7. The summed E-state index contributed by atoms with van der Waals surface area (Å²) in [6.45, 7) is 11.1. The quantitative estimate of drug-likeness (QED) is 0.257. The third kappa shape index (κ3) is 7.61. The van der Waals surface area contributed by atoms with Crippen LogP contribution in [0.1, 0.15) is 91.9 Å². The van der Waals surface area contributed by atoms with E-state index in [-0.39, 0.29) is 12.1 Å². The van der Waals surface area contributed by atoms with Crippen molar-refractivity contribution in [3.05, 3.63) is 12.2 Å². The van der Waals surface area contributed by atoms with E-state index < -0.39 is 0 Å². The Morgan fingerprint density at radius 1 is 1.12 bits per heavy atom. The number of quaternary nitrogens is 1. The van der Waals surface area contributed by atoms with Gasteiger partial charge in [-0.1, -0.05) is 51.2 Å². The minimum Gasteiger partial charge on any atom is -0.307 e. The molecule has 1 heterocycles. The standard InChI is InChI=1S/C22H41N3O/c1-5-7-8-9-10-11-12-13-14-15-16-17-22-23-18-19-25(22,6-2)20(3)24-21(4)26/h13-14,20H,5-12,15-19H2,1-4H3/p+1/b14-13+. The predicted octanol–water partition coefficient (Wildman–Crippen LogP) is 5.19. The van der Waals surface area contributed by atoms with E-state index in [9.17, 15) is 4.79 Å². The van der Waals surface area contributed by atoms with Crippen LogP contribution in [-0.2, 0) is 4.79 Å². The van der Waals surface area contributed by atoms with Gasteiger partial charge >= 0.3 is 0 Å². The average Bonchev–Trinajstić information content (AvgIpc) is 3.03. The number of amidine groups is 1. The molecule has 1 amide bonds. The molecule has 150 valence electrons. The van der Waals surface area contributed by atoms with Crippen molar-refractivity contribution in [1.29, 1.82) is 0 Å². The first-order valence-corrected chi connectivity index (χ1v) is 10.9. The molecular weight excluding hydrogens is 322 g/mol. The third-order valence-electron chi connectivity index (χ3n) is 5.69. The number of carbonyl (C=O) groups is 1. The molecule has 0 bridgehead atoms. The first-order chi connectivity index (χ1) is 12.6. The molecule has 4 nitrogen and oxygen atoms in total. The Morgan fingerprint density at radius 3 is 2.42 bits per heavy atom. The molecule has 0 fully saturated rings. The van der Waals surface area contributed by atoms with Crippen molar-refractivity contribution >= 4 is 11.7 Å². The van der Waals surface area contributed by atoms with Crippen molar-refractivity contribution in [3.8, 4) is 0 Å². The molecule has 4 heteroatoms. The summed E-state index contributed by atoms with van der Waals surface area (Å²) >= 11 is 0. The van der Waals surface area contributed by atoms with Crippen molar-refractivity contribution in [2.75, 3.05) is 19.6 Å². The number of likely N-dealkylation sites (N-methyl/N-ethyl adjacent to an activating group) is 1. The lowest BCUT2D eigenvalue weighted by atomic mass is 10.1. The number of allylic oxidation sites excluding steroid dienone is 2. The Labute approximate surface area is 161 Å². The number of nitrogens with zero attached hydrogens (tertiary/aromatic N) is 2. The van der Waals surface area contributed by atoms with E-state index in [1.54, 1.807) is 6.92 Å². The predicted molar refractivity (Wildman–Crippen MR) is 112 cm³/mol. The number of nitrogens with one attached hydrogen (secondary N) is 1. The topological polar surface area (TPSA) is 41.5 Å². The smallest absolute Gasteiger partial charge is 0.221 e. The normalized spacial score (nSPS) is 21.2. The lowest BCUT2D eigenvalue weighted by Gasteiger charge is -2.39. The fraction of sp³-hybridized carbons (Fsp3) is 0.818. The molecule has 1 rings (SSSR count). The summed E-state index contributed by atoms with van der Waals surface area (Å²) in [6.07, 6.45) is 17.6. The molecule has 0 radical (unpaired) electrons. The van der Waals surface area contributed by atoms with E-state index in [2.05, 4.69) is 38.2 Å². The van der Waals surface area contributed by atoms with Crippen LogP contribution in [0.5, 0.6) is 0 Å². The van der Waals surface area contributed by atoms with Gasteiger partial charge in [0.25, 0.3) is 0 Å². The fourth-order valence-electron chi connectivity index (χ4n) is 4.03. The molecular formula is C22H42N3O+. The summed E-state index contributed by atoms with van der Waals surface area (Å²) in [5, 5.41) is 3.09. The highest BCUT2D eigenvalue weighted by Gasteiger charge is 2.41. The summed E-state index contributed by atoms with van der Waals surface area (Å²) in [4.78, 5) is 16.2. The van der Waals surface area contributed by atoms with E-state index in [1.807, 2.05) is 0 Å². The zero-order chi connectivity index (χ0) is 19.3. The summed E-state index contributed by atoms with van der Waals surface area (Å²) in [7, 11) is 0. The Hall–Kier alpha value is -1.16. The van der Waals surface area contributed by atoms with E-state index in [4.69, 9.17) is 4.99 Å². The Morgan fingerprint density at radius 2 is 1.77 bits per heavy atom. The van der Waals surface area contributed by atoms with Gasteiger partial charge in [-0.15, -0.1) is 0 Å². The Bertz CT molecular complexity index is 458. The number of hydrogen-bond donors (Lipinski definition) is 1. The summed E-state index contributed by atoms with van der Waals surface area (Å²) in [5.41, 5.74) is 0. The molecule has 1 aliphatic heterocycles. The molecule has 1 N–H and O–H groups in total. The summed E-state index contributed by atoms with van der Waals surface area (Å²) in [5.74, 6) is 1.32. The molecule has 0 saturated heterocycles. The van der Waals surface area contributed by atoms with Gasteiger partial charge in [-0.3, -0.25) is 9.28 Å². The molecule has 0 saturated carbocycles. The van der Waals surface area contributed by atoms with Crippen LogP contribution < -0.4 is 5.32 Å². The van der Waals surface area contributed by atoms with Crippen LogP contribution >= 0.6 is 0 Å². The molecule has 26 heavy (non-hydrogen) atoms. The van der Waals surface area contributed by atoms with Crippen LogP contribution in [0.3, 0.4) is 0 Å². The van der Waals surface area contributed by atoms with Crippen LogP contribution in [0.2, 0.25) is 0 Å². The molecule has 2 atom stereocenters. The second kappa shape index (κ2) is 13.1. The first kappa shape index (κ1) is 22.9. The Balaban J connectivity index is 2.26. The van der Waals surface area contributed by atoms with E-state index in [1.165, 1.54) is 50.8 Å². The van der Waals surface area contributed by atoms with Gasteiger partial charge in [0.1, 0.15) is 6.54 Å². The lowest BCUT2D eigenvalue weighted by molar-refractivity contribution is -0.861. The van der Waals surface area contributed by atoms with Crippen molar-refractivity contribution in [3.63, 3.8) is 0 Å². The zero-order valence-electron chi connectivity index (χ0n) is 17.7. The second-order valence-corrected chi connectivity index (χ2v) is 7.67. The molecule has 0 spiro atoms. The van der Waals surface area contributed by atoms with E-state index in [0.717, 1.165) is 43.4 Å². The minimum atomic E-state index is 0.0485. The number of rotatable bonds is 14. The van der Waals surface area contributed by atoms with Crippen molar-refractivity contribution in [2.24, 2.45) is 4.99 Å². The number of amides is 1. The van der Waals surface area contributed by atoms with Crippen LogP contribution in [0.25, 0.3) is 0 Å². The highest BCUT2D eigenvalue weighted by Crippen LogP contribution is 2.22. The van der Waals surface area contributed by atoms with Gasteiger partial charge in [-0.05, 0) is 32.6 Å². The van der Waals surface area contributed by atoms with Gasteiger partial charge < -0.3 is 5.32 Å². The van der Waals surface area contributed by atoms with Crippen LogP contribution in [0.15, 0.2) is 17.1 Å². The first-order valence-electron chi connectivity index (χ1n) is 10.9. The van der Waals surface area contributed by atoms with E-state index in [0.29, 0.717) is 0 Å². The van der Waals surface area contributed by atoms with Crippen LogP contribution in [0.4, 0.5) is 0 Å². The molecule has 2 unspecified atom stereocenters. The third-order valence-corrected chi connectivity index (χ3v) is 5.69. The number of carbonyl (C=O) groups excluding carboxylic acids is 1. The van der Waals surface area contributed by atoms with Crippen LogP contribution in [-0.4, -0.2) is 42.0 Å². The van der Waals surface area contributed by atoms with Gasteiger partial charge in [0.2, 0.25) is 5.91 Å². The molecule has 1 aliphatic rings. The average molecular weight is 365 g/mol.